The first-order chi connectivity index (χ1) is 16.3. The van der Waals surface area contributed by atoms with Gasteiger partial charge in [0.1, 0.15) is 5.92 Å². The highest BCUT2D eigenvalue weighted by Crippen LogP contribution is 2.39. The SMILES string of the molecule is N#Cc1ccc(Cl)c(F)c1-c1ccc(C(CC2CC2)C(=O)Nc2ccc(C(=O)O)cc2)[n+](O)c1. The van der Waals surface area contributed by atoms with E-state index in [1.165, 1.54) is 54.7 Å². The number of nitrogens with one attached hydrogen (secondary N) is 1. The molecule has 0 bridgehead atoms. The maximum absolute atomic E-state index is 14.7. The molecule has 1 aromatic heterocycles. The van der Waals surface area contributed by atoms with Crippen molar-refractivity contribution in [2.75, 3.05) is 5.32 Å². The van der Waals surface area contributed by atoms with Crippen LogP contribution in [0.25, 0.3) is 11.1 Å². The van der Waals surface area contributed by atoms with Gasteiger partial charge in [0, 0.05) is 22.0 Å². The van der Waals surface area contributed by atoms with Crippen LogP contribution in [0.5, 0.6) is 0 Å². The zero-order valence-corrected chi connectivity index (χ0v) is 18.6. The van der Waals surface area contributed by atoms with Crippen molar-refractivity contribution in [2.24, 2.45) is 5.92 Å². The molecule has 3 aromatic rings. The van der Waals surface area contributed by atoms with E-state index in [4.69, 9.17) is 16.7 Å². The van der Waals surface area contributed by atoms with E-state index in [9.17, 15) is 24.4 Å². The van der Waals surface area contributed by atoms with Gasteiger partial charge in [0.15, 0.2) is 5.82 Å². The number of anilines is 1. The number of nitriles is 1. The number of carbonyl (C=O) groups excluding carboxylic acids is 1. The van der Waals surface area contributed by atoms with E-state index in [0.717, 1.165) is 17.6 Å². The first-order valence-electron chi connectivity index (χ1n) is 10.6. The fourth-order valence-electron chi connectivity index (χ4n) is 3.83. The van der Waals surface area contributed by atoms with Crippen LogP contribution >= 0.6 is 11.6 Å². The number of rotatable bonds is 7. The van der Waals surface area contributed by atoms with Gasteiger partial charge in [-0.3, -0.25) is 10.0 Å². The molecule has 1 unspecified atom stereocenters. The summed E-state index contributed by atoms with van der Waals surface area (Å²) < 4.78 is 15.5. The third kappa shape index (κ3) is 4.85. The largest absolute Gasteiger partial charge is 0.478 e. The number of nitrogens with zero attached hydrogens (tertiary/aromatic N) is 2. The van der Waals surface area contributed by atoms with Crippen LogP contribution in [0.15, 0.2) is 54.7 Å². The van der Waals surface area contributed by atoms with E-state index in [1.807, 2.05) is 6.07 Å². The van der Waals surface area contributed by atoms with Gasteiger partial charge in [-0.15, -0.1) is 0 Å². The van der Waals surface area contributed by atoms with Crippen LogP contribution in [-0.2, 0) is 4.79 Å². The quantitative estimate of drug-likeness (QED) is 0.333. The predicted molar refractivity (Wildman–Crippen MR) is 121 cm³/mol. The number of aromatic nitrogens is 1. The molecule has 7 nitrogen and oxygen atoms in total. The minimum Gasteiger partial charge on any atom is -0.478 e. The molecule has 1 saturated carbocycles. The smallest absolute Gasteiger partial charge is 0.335 e. The summed E-state index contributed by atoms with van der Waals surface area (Å²) in [7, 11) is 0. The summed E-state index contributed by atoms with van der Waals surface area (Å²) in [5.41, 5.74) is 1.09. The van der Waals surface area contributed by atoms with E-state index in [1.54, 1.807) is 0 Å². The van der Waals surface area contributed by atoms with E-state index >= 15 is 0 Å². The van der Waals surface area contributed by atoms with Gasteiger partial charge in [-0.1, -0.05) is 24.4 Å². The van der Waals surface area contributed by atoms with Crippen molar-refractivity contribution in [1.29, 1.82) is 5.26 Å². The standard InChI is InChI=1S/C25H19ClFN3O4/c26-20-9-5-16(12-28)22(23(20)27)17-6-10-21(30(34)13-17)19(11-14-1-2-14)24(31)29-18-7-3-15(4-8-18)25(32)33/h3-10,13-14,19H,1-2,11H2,(H2-,29,31,32,33,34)/p+1. The molecule has 2 aromatic carbocycles. The van der Waals surface area contributed by atoms with Crippen LogP contribution in [0.2, 0.25) is 5.02 Å². The van der Waals surface area contributed by atoms with Crippen LogP contribution in [0.3, 0.4) is 0 Å². The molecule has 1 aliphatic rings. The second-order valence-corrected chi connectivity index (χ2v) is 8.59. The molecule has 3 N–H and O–H groups in total. The molecule has 0 spiro atoms. The highest BCUT2D eigenvalue weighted by Gasteiger charge is 2.36. The van der Waals surface area contributed by atoms with Gasteiger partial charge in [-0.05, 0) is 54.8 Å². The summed E-state index contributed by atoms with van der Waals surface area (Å²) in [6.45, 7) is 0. The average molecular weight is 481 g/mol. The molecule has 1 amide bonds. The van der Waals surface area contributed by atoms with Crippen LogP contribution in [-0.4, -0.2) is 22.2 Å². The van der Waals surface area contributed by atoms with Gasteiger partial charge < -0.3 is 10.4 Å². The number of hydrogen-bond donors (Lipinski definition) is 3. The summed E-state index contributed by atoms with van der Waals surface area (Å²) >= 11 is 5.88. The Morgan fingerprint density at radius 2 is 1.88 bits per heavy atom. The Morgan fingerprint density at radius 3 is 2.47 bits per heavy atom. The van der Waals surface area contributed by atoms with Crippen molar-refractivity contribution >= 4 is 29.2 Å². The molecule has 4 rings (SSSR count). The second-order valence-electron chi connectivity index (χ2n) is 8.19. The van der Waals surface area contributed by atoms with Crippen LogP contribution in [0.4, 0.5) is 10.1 Å². The van der Waals surface area contributed by atoms with Crippen molar-refractivity contribution in [3.63, 3.8) is 0 Å². The summed E-state index contributed by atoms with van der Waals surface area (Å²) in [6, 6.07) is 13.4. The van der Waals surface area contributed by atoms with Crippen molar-refractivity contribution in [3.05, 3.63) is 82.4 Å². The molecular weight excluding hydrogens is 461 g/mol. The molecule has 34 heavy (non-hydrogen) atoms. The van der Waals surface area contributed by atoms with E-state index < -0.39 is 17.7 Å². The third-order valence-corrected chi connectivity index (χ3v) is 6.09. The van der Waals surface area contributed by atoms with Gasteiger partial charge in [0.05, 0.1) is 27.8 Å². The van der Waals surface area contributed by atoms with Crippen molar-refractivity contribution in [2.45, 2.75) is 25.2 Å². The number of aromatic carboxylic acids is 1. The highest BCUT2D eigenvalue weighted by atomic mass is 35.5. The molecule has 0 aliphatic heterocycles. The molecule has 0 saturated heterocycles. The molecule has 172 valence electrons. The summed E-state index contributed by atoms with van der Waals surface area (Å²) in [5.74, 6) is -2.56. The molecule has 1 atom stereocenters. The van der Waals surface area contributed by atoms with Gasteiger partial charge in [-0.25, -0.2) is 9.18 Å². The van der Waals surface area contributed by atoms with E-state index in [0.29, 0.717) is 23.7 Å². The number of carboxylic acids is 1. The zero-order chi connectivity index (χ0) is 24.4. The zero-order valence-electron chi connectivity index (χ0n) is 17.8. The maximum Gasteiger partial charge on any atom is 0.335 e. The van der Waals surface area contributed by atoms with Crippen molar-refractivity contribution in [1.82, 2.24) is 0 Å². The number of halogens is 2. The van der Waals surface area contributed by atoms with Gasteiger partial charge in [0.2, 0.25) is 17.8 Å². The minimum atomic E-state index is -1.07. The third-order valence-electron chi connectivity index (χ3n) is 5.80. The average Bonchev–Trinajstić information content (AvgIpc) is 3.64. The summed E-state index contributed by atoms with van der Waals surface area (Å²) in [6.07, 6.45) is 3.73. The lowest BCUT2D eigenvalue weighted by Crippen LogP contribution is -2.40. The number of benzene rings is 2. The van der Waals surface area contributed by atoms with Gasteiger partial charge in [-0.2, -0.15) is 5.26 Å². The number of pyridine rings is 1. The normalized spacial score (nSPS) is 13.7. The Kier molecular flexibility index (Phi) is 6.48. The Bertz CT molecular complexity index is 1320. The first kappa shape index (κ1) is 23.2. The molecule has 9 heteroatoms. The lowest BCUT2D eigenvalue weighted by molar-refractivity contribution is -0.909. The number of hydrogen-bond acceptors (Lipinski definition) is 4. The molecular formula is C25H20ClFN3O4+. The Hall–Kier alpha value is -3.96. The van der Waals surface area contributed by atoms with E-state index in [-0.39, 0.29) is 33.2 Å². The fourth-order valence-corrected chi connectivity index (χ4v) is 3.98. The molecule has 0 radical (unpaired) electrons. The van der Waals surface area contributed by atoms with Crippen LogP contribution in [0, 0.1) is 23.1 Å². The minimum absolute atomic E-state index is 0.0361. The van der Waals surface area contributed by atoms with Gasteiger partial charge in [0.25, 0.3) is 0 Å². The Balaban J connectivity index is 1.65. The number of carboxylic acid groups (broad SMARTS) is 1. The lowest BCUT2D eigenvalue weighted by atomic mass is 9.94. The topological polar surface area (TPSA) is 114 Å². The molecule has 1 heterocycles. The Morgan fingerprint density at radius 1 is 1.18 bits per heavy atom. The van der Waals surface area contributed by atoms with Crippen molar-refractivity contribution < 1.29 is 29.0 Å². The molecule has 1 fully saturated rings. The highest BCUT2D eigenvalue weighted by molar-refractivity contribution is 6.31. The number of amides is 1. The first-order valence-corrected chi connectivity index (χ1v) is 10.9. The predicted octanol–water partition coefficient (Wildman–Crippen LogP) is 4.76. The van der Waals surface area contributed by atoms with E-state index in [2.05, 4.69) is 5.32 Å². The van der Waals surface area contributed by atoms with Crippen LogP contribution in [0.1, 0.15) is 46.8 Å². The Labute approximate surface area is 199 Å². The fraction of sp³-hybridized carbons (Fsp3) is 0.200. The molecule has 1 aliphatic carbocycles. The summed E-state index contributed by atoms with van der Waals surface area (Å²) in [4.78, 5) is 24.2. The van der Waals surface area contributed by atoms with Crippen LogP contribution < -0.4 is 10.0 Å². The number of carbonyl (C=O) groups is 2. The second kappa shape index (κ2) is 9.49. The monoisotopic (exact) mass is 480 g/mol. The summed E-state index contributed by atoms with van der Waals surface area (Å²) in [5, 5.41) is 31.7. The maximum atomic E-state index is 14.7. The van der Waals surface area contributed by atoms with Crippen molar-refractivity contribution in [3.8, 4) is 17.2 Å². The van der Waals surface area contributed by atoms with Gasteiger partial charge >= 0.3 is 5.97 Å². The lowest BCUT2D eigenvalue weighted by Gasteiger charge is -2.14.